The van der Waals surface area contributed by atoms with Crippen molar-refractivity contribution in [3.8, 4) is 0 Å². The molecule has 1 aromatic heterocycles. The minimum absolute atomic E-state index is 0.151. The average molecular weight is 257 g/mol. The van der Waals surface area contributed by atoms with Crippen LogP contribution in [0.25, 0.3) is 0 Å². The third kappa shape index (κ3) is 1.79. The Balaban J connectivity index is 2.01. The fourth-order valence-corrected chi connectivity index (χ4v) is 2.35. The number of furan rings is 1. The first-order valence-electron chi connectivity index (χ1n) is 5.84. The number of para-hydroxylation sites is 1. The number of aliphatic carboxylic acids is 1. The molecule has 1 amide bonds. The zero-order valence-electron chi connectivity index (χ0n) is 9.95. The molecule has 19 heavy (non-hydrogen) atoms. The maximum Gasteiger partial charge on any atom is 0.312 e. The van der Waals surface area contributed by atoms with Crippen molar-refractivity contribution in [2.24, 2.45) is 0 Å². The average Bonchev–Trinajstić information content (AvgIpc) is 3.05. The van der Waals surface area contributed by atoms with Crippen LogP contribution in [0, 0.1) is 0 Å². The highest BCUT2D eigenvalue weighted by molar-refractivity contribution is 6.08. The van der Waals surface area contributed by atoms with Crippen LogP contribution < -0.4 is 4.90 Å². The molecule has 1 aromatic carbocycles. The Labute approximate surface area is 109 Å². The van der Waals surface area contributed by atoms with E-state index in [2.05, 4.69) is 0 Å². The van der Waals surface area contributed by atoms with Crippen molar-refractivity contribution in [2.75, 3.05) is 11.4 Å². The van der Waals surface area contributed by atoms with Crippen LogP contribution in [0.1, 0.15) is 21.8 Å². The fraction of sp³-hybridized carbons (Fsp3) is 0.143. The lowest BCUT2D eigenvalue weighted by molar-refractivity contribution is -0.138. The van der Waals surface area contributed by atoms with Gasteiger partial charge in [0.2, 0.25) is 0 Å². The van der Waals surface area contributed by atoms with Crippen LogP contribution in [-0.2, 0) is 4.79 Å². The lowest BCUT2D eigenvalue weighted by atomic mass is 10.0. The van der Waals surface area contributed by atoms with E-state index in [9.17, 15) is 14.7 Å². The second-order valence-corrected chi connectivity index (χ2v) is 4.38. The Kier molecular flexibility index (Phi) is 2.59. The lowest BCUT2D eigenvalue weighted by Crippen LogP contribution is -2.30. The predicted octanol–water partition coefficient (Wildman–Crippen LogP) is 2.11. The van der Waals surface area contributed by atoms with E-state index in [-0.39, 0.29) is 12.5 Å². The van der Waals surface area contributed by atoms with Gasteiger partial charge in [0.15, 0.2) is 0 Å². The lowest BCUT2D eigenvalue weighted by Gasteiger charge is -2.16. The Morgan fingerprint density at radius 1 is 1.26 bits per heavy atom. The summed E-state index contributed by atoms with van der Waals surface area (Å²) in [6, 6.07) is 8.64. The van der Waals surface area contributed by atoms with Crippen molar-refractivity contribution in [1.29, 1.82) is 0 Å². The van der Waals surface area contributed by atoms with E-state index < -0.39 is 11.9 Å². The predicted molar refractivity (Wildman–Crippen MR) is 67.2 cm³/mol. The number of carbonyl (C=O) groups is 2. The van der Waals surface area contributed by atoms with Crippen LogP contribution >= 0.6 is 0 Å². The molecule has 2 aromatic rings. The summed E-state index contributed by atoms with van der Waals surface area (Å²) in [5.41, 5.74) is 1.74. The highest BCUT2D eigenvalue weighted by atomic mass is 16.4. The number of carbonyl (C=O) groups excluding carboxylic acids is 1. The summed E-state index contributed by atoms with van der Waals surface area (Å²) >= 11 is 0. The fourth-order valence-electron chi connectivity index (χ4n) is 2.35. The Morgan fingerprint density at radius 2 is 2.05 bits per heavy atom. The molecule has 0 radical (unpaired) electrons. The highest BCUT2D eigenvalue weighted by Gasteiger charge is 2.36. The van der Waals surface area contributed by atoms with Crippen molar-refractivity contribution in [3.63, 3.8) is 0 Å². The maximum absolute atomic E-state index is 12.3. The molecule has 3 rings (SSSR count). The summed E-state index contributed by atoms with van der Waals surface area (Å²) < 4.78 is 4.89. The molecule has 5 nitrogen and oxygen atoms in total. The van der Waals surface area contributed by atoms with Gasteiger partial charge in [-0.3, -0.25) is 9.59 Å². The van der Waals surface area contributed by atoms with Gasteiger partial charge in [-0.05, 0) is 17.7 Å². The van der Waals surface area contributed by atoms with E-state index in [1.165, 1.54) is 17.4 Å². The molecule has 1 N–H and O–H groups in total. The van der Waals surface area contributed by atoms with E-state index in [4.69, 9.17) is 4.42 Å². The van der Waals surface area contributed by atoms with E-state index in [1.807, 2.05) is 0 Å². The molecule has 0 unspecified atom stereocenters. The van der Waals surface area contributed by atoms with Crippen molar-refractivity contribution >= 4 is 17.6 Å². The number of carboxylic acids is 1. The van der Waals surface area contributed by atoms with Gasteiger partial charge in [0, 0.05) is 12.2 Å². The first kappa shape index (κ1) is 11.5. The summed E-state index contributed by atoms with van der Waals surface area (Å²) in [5, 5.41) is 9.23. The standard InChI is InChI=1S/C14H11NO4/c16-13(9-5-6-19-8-9)15-7-11(14(17)18)10-3-1-2-4-12(10)15/h1-6,8,11H,7H2,(H,17,18)/t11-/m0/s1. The Hall–Kier alpha value is -2.56. The molecule has 96 valence electrons. The van der Waals surface area contributed by atoms with Crippen LogP contribution in [-0.4, -0.2) is 23.5 Å². The summed E-state index contributed by atoms with van der Waals surface area (Å²) in [6.45, 7) is 0.151. The number of hydrogen-bond donors (Lipinski definition) is 1. The molecule has 1 aliphatic heterocycles. The molecular weight excluding hydrogens is 246 g/mol. The summed E-state index contributed by atoms with van der Waals surface area (Å²) in [7, 11) is 0. The van der Waals surface area contributed by atoms with Crippen LogP contribution in [0.4, 0.5) is 5.69 Å². The second kappa shape index (κ2) is 4.28. The van der Waals surface area contributed by atoms with Gasteiger partial charge < -0.3 is 14.4 Å². The number of fused-ring (bicyclic) bond motifs is 1. The van der Waals surface area contributed by atoms with Crippen molar-refractivity contribution in [3.05, 3.63) is 54.0 Å². The van der Waals surface area contributed by atoms with Gasteiger partial charge in [-0.15, -0.1) is 0 Å². The maximum atomic E-state index is 12.3. The van der Waals surface area contributed by atoms with E-state index in [1.54, 1.807) is 30.3 Å². The molecule has 0 aliphatic carbocycles. The van der Waals surface area contributed by atoms with Crippen molar-refractivity contribution < 1.29 is 19.1 Å². The number of rotatable bonds is 2. The van der Waals surface area contributed by atoms with Gasteiger partial charge in [0.1, 0.15) is 12.2 Å². The van der Waals surface area contributed by atoms with Crippen molar-refractivity contribution in [1.82, 2.24) is 0 Å². The SMILES string of the molecule is O=C(O)[C@H]1CN(C(=O)c2ccoc2)c2ccccc21. The topological polar surface area (TPSA) is 70.8 Å². The van der Waals surface area contributed by atoms with Gasteiger partial charge in [-0.25, -0.2) is 0 Å². The largest absolute Gasteiger partial charge is 0.481 e. The van der Waals surface area contributed by atoms with Gasteiger partial charge in [0.25, 0.3) is 5.91 Å². The minimum Gasteiger partial charge on any atom is -0.481 e. The van der Waals surface area contributed by atoms with Crippen molar-refractivity contribution in [2.45, 2.75) is 5.92 Å². The smallest absolute Gasteiger partial charge is 0.312 e. The van der Waals surface area contributed by atoms with Gasteiger partial charge in [-0.2, -0.15) is 0 Å². The van der Waals surface area contributed by atoms with Crippen LogP contribution in [0.5, 0.6) is 0 Å². The Bertz CT molecular complexity index is 633. The molecule has 0 saturated carbocycles. The summed E-state index contributed by atoms with van der Waals surface area (Å²) in [5.74, 6) is -1.84. The van der Waals surface area contributed by atoms with Gasteiger partial charge >= 0.3 is 5.97 Å². The molecule has 1 aliphatic rings. The van der Waals surface area contributed by atoms with E-state index in [0.717, 1.165) is 0 Å². The normalized spacial score (nSPS) is 17.3. The zero-order valence-corrected chi connectivity index (χ0v) is 9.95. The summed E-state index contributed by atoms with van der Waals surface area (Å²) in [6.07, 6.45) is 2.78. The summed E-state index contributed by atoms with van der Waals surface area (Å²) in [4.78, 5) is 25.1. The Morgan fingerprint density at radius 3 is 2.74 bits per heavy atom. The highest BCUT2D eigenvalue weighted by Crippen LogP contribution is 2.37. The zero-order chi connectivity index (χ0) is 13.4. The number of anilines is 1. The second-order valence-electron chi connectivity index (χ2n) is 4.38. The number of benzene rings is 1. The molecule has 0 bridgehead atoms. The van der Waals surface area contributed by atoms with Gasteiger partial charge in [-0.1, -0.05) is 18.2 Å². The first-order chi connectivity index (χ1) is 9.18. The minimum atomic E-state index is -0.921. The number of hydrogen-bond acceptors (Lipinski definition) is 3. The molecule has 5 heteroatoms. The molecular formula is C14H11NO4. The molecule has 0 saturated heterocycles. The van der Waals surface area contributed by atoms with E-state index >= 15 is 0 Å². The van der Waals surface area contributed by atoms with Gasteiger partial charge in [0.05, 0.1) is 11.8 Å². The number of amides is 1. The number of carboxylic acid groups (broad SMARTS) is 1. The third-order valence-electron chi connectivity index (χ3n) is 3.28. The quantitative estimate of drug-likeness (QED) is 0.894. The number of nitrogens with zero attached hydrogens (tertiary/aromatic N) is 1. The van der Waals surface area contributed by atoms with Crippen LogP contribution in [0.15, 0.2) is 47.3 Å². The third-order valence-corrected chi connectivity index (χ3v) is 3.28. The van der Waals surface area contributed by atoms with Crippen LogP contribution in [0.2, 0.25) is 0 Å². The van der Waals surface area contributed by atoms with Crippen LogP contribution in [0.3, 0.4) is 0 Å². The molecule has 2 heterocycles. The van der Waals surface area contributed by atoms with E-state index in [0.29, 0.717) is 16.8 Å². The molecule has 1 atom stereocenters. The first-order valence-corrected chi connectivity index (χ1v) is 5.84. The monoisotopic (exact) mass is 257 g/mol. The molecule has 0 fully saturated rings. The molecule has 0 spiro atoms.